The summed E-state index contributed by atoms with van der Waals surface area (Å²) in [5, 5.41) is 5.59. The van der Waals surface area contributed by atoms with Crippen LogP contribution in [0.5, 0.6) is 0 Å². The number of rotatable bonds is 5. The summed E-state index contributed by atoms with van der Waals surface area (Å²) in [5.41, 5.74) is 2.75. The highest BCUT2D eigenvalue weighted by Crippen LogP contribution is 2.22. The summed E-state index contributed by atoms with van der Waals surface area (Å²) in [7, 11) is -3.31. The number of nitrogens with zero attached hydrogens (tertiary/aromatic N) is 3. The molecule has 31 heavy (non-hydrogen) atoms. The number of anilines is 1. The standard InChI is InChI=1S/C21H22N4O5S/c1-31(28,29)16-8-6-15(7-9-16)14-19(26)22-25-21(27)18-5-3-2-4-17(18)20(23-25)24-10-12-30-13-11-24/h2-9H,10-14H2,1H3,(H,22,26). The third-order valence-electron chi connectivity index (χ3n) is 5.04. The molecule has 3 aromatic rings. The molecule has 0 unspecified atom stereocenters. The Bertz CT molecular complexity index is 1280. The van der Waals surface area contributed by atoms with Gasteiger partial charge in [0, 0.05) is 24.7 Å². The molecular formula is C21H22N4O5S. The Kier molecular flexibility index (Phi) is 5.75. The molecule has 0 radical (unpaired) electrons. The van der Waals surface area contributed by atoms with Gasteiger partial charge in [0.15, 0.2) is 15.7 Å². The van der Waals surface area contributed by atoms with Crippen LogP contribution in [0.3, 0.4) is 0 Å². The number of carbonyl (C=O) groups is 1. The molecule has 0 spiro atoms. The molecule has 1 aliphatic rings. The average Bonchev–Trinajstić information content (AvgIpc) is 2.76. The molecule has 2 heterocycles. The zero-order chi connectivity index (χ0) is 22.0. The van der Waals surface area contributed by atoms with E-state index in [-0.39, 0.29) is 11.3 Å². The number of sulfone groups is 1. The van der Waals surface area contributed by atoms with Crippen molar-refractivity contribution in [3.05, 3.63) is 64.4 Å². The Morgan fingerprint density at radius 1 is 1.06 bits per heavy atom. The molecule has 1 amide bonds. The predicted molar refractivity (Wildman–Crippen MR) is 117 cm³/mol. The van der Waals surface area contributed by atoms with Crippen molar-refractivity contribution in [3.8, 4) is 0 Å². The summed E-state index contributed by atoms with van der Waals surface area (Å²) in [4.78, 5) is 28.6. The second kappa shape index (κ2) is 8.48. The zero-order valence-corrected chi connectivity index (χ0v) is 17.8. The van der Waals surface area contributed by atoms with Gasteiger partial charge in [0.25, 0.3) is 5.56 Å². The molecule has 0 bridgehead atoms. The van der Waals surface area contributed by atoms with Gasteiger partial charge in [-0.3, -0.25) is 9.59 Å². The van der Waals surface area contributed by atoms with Gasteiger partial charge >= 0.3 is 0 Å². The minimum Gasteiger partial charge on any atom is -0.378 e. The van der Waals surface area contributed by atoms with Crippen molar-refractivity contribution in [2.24, 2.45) is 0 Å². The maximum atomic E-state index is 12.9. The summed E-state index contributed by atoms with van der Waals surface area (Å²) in [5.74, 6) is 0.168. The number of hydrogen-bond acceptors (Lipinski definition) is 7. The van der Waals surface area contributed by atoms with Crippen LogP contribution >= 0.6 is 0 Å². The molecule has 1 aliphatic heterocycles. The van der Waals surface area contributed by atoms with E-state index in [0.29, 0.717) is 43.1 Å². The van der Waals surface area contributed by atoms with Crippen molar-refractivity contribution < 1.29 is 17.9 Å². The predicted octanol–water partition coefficient (Wildman–Crippen LogP) is 0.949. The minimum atomic E-state index is -3.31. The van der Waals surface area contributed by atoms with E-state index in [4.69, 9.17) is 4.74 Å². The minimum absolute atomic E-state index is 0.0299. The molecule has 9 nitrogen and oxygen atoms in total. The molecule has 0 saturated carbocycles. The van der Waals surface area contributed by atoms with Gasteiger partial charge in [-0.2, -0.15) is 0 Å². The van der Waals surface area contributed by atoms with Crippen LogP contribution in [0.2, 0.25) is 0 Å². The number of fused-ring (bicyclic) bond motifs is 1. The van der Waals surface area contributed by atoms with E-state index in [9.17, 15) is 18.0 Å². The molecule has 162 valence electrons. The van der Waals surface area contributed by atoms with Gasteiger partial charge in [0.05, 0.1) is 29.9 Å². The summed E-state index contributed by atoms with van der Waals surface area (Å²) in [6.07, 6.45) is 1.09. The van der Waals surface area contributed by atoms with Gasteiger partial charge in [-0.05, 0) is 23.8 Å². The van der Waals surface area contributed by atoms with Crippen molar-refractivity contribution in [1.29, 1.82) is 0 Å². The highest BCUT2D eigenvalue weighted by Gasteiger charge is 2.19. The lowest BCUT2D eigenvalue weighted by molar-refractivity contribution is -0.116. The van der Waals surface area contributed by atoms with Gasteiger partial charge in [0.2, 0.25) is 5.91 Å². The van der Waals surface area contributed by atoms with E-state index in [0.717, 1.165) is 16.4 Å². The third kappa shape index (κ3) is 4.59. The molecule has 1 saturated heterocycles. The number of ether oxygens (including phenoxy) is 1. The van der Waals surface area contributed by atoms with Crippen LogP contribution in [-0.2, 0) is 25.8 Å². The van der Waals surface area contributed by atoms with E-state index >= 15 is 0 Å². The lowest BCUT2D eigenvalue weighted by Gasteiger charge is -2.29. The number of nitrogens with one attached hydrogen (secondary N) is 1. The first-order chi connectivity index (χ1) is 14.8. The van der Waals surface area contributed by atoms with Crippen LogP contribution in [0.4, 0.5) is 5.82 Å². The van der Waals surface area contributed by atoms with E-state index < -0.39 is 21.3 Å². The fourth-order valence-electron chi connectivity index (χ4n) is 3.45. The van der Waals surface area contributed by atoms with Crippen molar-refractivity contribution in [3.63, 3.8) is 0 Å². The van der Waals surface area contributed by atoms with Crippen molar-refractivity contribution in [2.45, 2.75) is 11.3 Å². The smallest absolute Gasteiger partial charge is 0.294 e. The molecule has 1 N–H and O–H groups in total. The largest absolute Gasteiger partial charge is 0.378 e. The monoisotopic (exact) mass is 442 g/mol. The van der Waals surface area contributed by atoms with Gasteiger partial charge < -0.3 is 9.64 Å². The van der Waals surface area contributed by atoms with E-state index in [1.807, 2.05) is 17.0 Å². The number of amides is 1. The summed E-state index contributed by atoms with van der Waals surface area (Å²) in [6.45, 7) is 2.39. The van der Waals surface area contributed by atoms with Gasteiger partial charge in [-0.15, -0.1) is 9.89 Å². The van der Waals surface area contributed by atoms with Crippen LogP contribution in [0, 0.1) is 0 Å². The van der Waals surface area contributed by atoms with Crippen LogP contribution in [0.1, 0.15) is 5.56 Å². The number of benzene rings is 2. The Morgan fingerprint density at radius 3 is 2.35 bits per heavy atom. The first-order valence-corrected chi connectivity index (χ1v) is 11.7. The molecule has 10 heteroatoms. The summed E-state index contributed by atoms with van der Waals surface area (Å²) in [6, 6.07) is 13.2. The lowest BCUT2D eigenvalue weighted by Crippen LogP contribution is -2.41. The molecule has 0 atom stereocenters. The maximum Gasteiger partial charge on any atom is 0.294 e. The Morgan fingerprint density at radius 2 is 1.71 bits per heavy atom. The molecule has 2 aromatic carbocycles. The Balaban J connectivity index is 1.61. The van der Waals surface area contributed by atoms with E-state index in [1.54, 1.807) is 24.3 Å². The zero-order valence-electron chi connectivity index (χ0n) is 16.9. The Labute approximate surface area is 179 Å². The van der Waals surface area contributed by atoms with Crippen LogP contribution < -0.4 is 15.9 Å². The lowest BCUT2D eigenvalue weighted by atomic mass is 10.1. The number of aromatic nitrogens is 2. The third-order valence-corrected chi connectivity index (χ3v) is 6.17. The first kappa shape index (κ1) is 21.0. The molecule has 4 rings (SSSR count). The second-order valence-corrected chi connectivity index (χ2v) is 9.33. The quantitative estimate of drug-likeness (QED) is 0.626. The summed E-state index contributed by atoms with van der Waals surface area (Å²) >= 11 is 0. The average molecular weight is 442 g/mol. The van der Waals surface area contributed by atoms with Crippen molar-refractivity contribution >= 4 is 32.3 Å². The SMILES string of the molecule is CS(=O)(=O)c1ccc(CC(=O)Nn2nc(N3CCOCC3)c3ccccc3c2=O)cc1. The number of hydrogen-bond donors (Lipinski definition) is 1. The molecular weight excluding hydrogens is 420 g/mol. The van der Waals surface area contributed by atoms with Gasteiger partial charge in [-0.1, -0.05) is 30.3 Å². The van der Waals surface area contributed by atoms with Crippen LogP contribution in [-0.4, -0.2) is 56.8 Å². The Hall–Kier alpha value is -3.24. The molecule has 1 aromatic heterocycles. The fraction of sp³-hybridized carbons (Fsp3) is 0.286. The fourth-order valence-corrected chi connectivity index (χ4v) is 4.09. The van der Waals surface area contributed by atoms with Crippen molar-refractivity contribution in [1.82, 2.24) is 9.89 Å². The van der Waals surface area contributed by atoms with Gasteiger partial charge in [-0.25, -0.2) is 13.8 Å². The topological polar surface area (TPSA) is 111 Å². The molecule has 0 aliphatic carbocycles. The first-order valence-electron chi connectivity index (χ1n) is 9.76. The maximum absolute atomic E-state index is 12.9. The van der Waals surface area contributed by atoms with Gasteiger partial charge in [0.1, 0.15) is 0 Å². The normalized spacial score (nSPS) is 14.5. The van der Waals surface area contributed by atoms with E-state index in [2.05, 4.69) is 10.5 Å². The number of morpholine rings is 1. The highest BCUT2D eigenvalue weighted by atomic mass is 32.2. The molecule has 1 fully saturated rings. The highest BCUT2D eigenvalue weighted by molar-refractivity contribution is 7.90. The van der Waals surface area contributed by atoms with Crippen molar-refractivity contribution in [2.75, 3.05) is 42.9 Å². The van der Waals surface area contributed by atoms with Crippen LogP contribution in [0.25, 0.3) is 10.8 Å². The summed E-state index contributed by atoms with van der Waals surface area (Å²) < 4.78 is 28.6. The second-order valence-electron chi connectivity index (χ2n) is 7.31. The van der Waals surface area contributed by atoms with Crippen LogP contribution in [0.15, 0.2) is 58.2 Å². The van der Waals surface area contributed by atoms with E-state index in [1.165, 1.54) is 12.1 Å². The number of carbonyl (C=O) groups excluding carboxylic acids is 1.